The van der Waals surface area contributed by atoms with Crippen molar-refractivity contribution < 1.29 is 27.6 Å². The van der Waals surface area contributed by atoms with Crippen LogP contribution in [-0.4, -0.2) is 47.2 Å². The van der Waals surface area contributed by atoms with E-state index in [4.69, 9.17) is 0 Å². The van der Waals surface area contributed by atoms with E-state index in [1.54, 1.807) is 23.4 Å². The molecule has 1 aromatic carbocycles. The molecule has 3 heterocycles. The molecule has 0 unspecified atom stereocenters. The second-order valence-corrected chi connectivity index (χ2v) is 8.63. The summed E-state index contributed by atoms with van der Waals surface area (Å²) in [5.41, 5.74) is 0.204. The van der Waals surface area contributed by atoms with Crippen LogP contribution in [0.5, 0.6) is 0 Å². The number of benzene rings is 1. The molecule has 180 valence electrons. The fourth-order valence-electron chi connectivity index (χ4n) is 4.43. The standard InChI is InChI=1S/C24H25F3N4O3/c25-24(26,27)19-4-1-5-20(12-19)31-15-18(11-21(31)32)23(34)30-9-6-17(7-10-30)22(33)29-14-16-3-2-8-28-13-16/h1-5,8,12-13,17-18H,6-7,9-11,14-15H2,(H,29,33)/t18-/m0/s1. The van der Waals surface area contributed by atoms with Gasteiger partial charge in [-0.05, 0) is 42.7 Å². The van der Waals surface area contributed by atoms with E-state index in [0.717, 1.165) is 17.7 Å². The normalized spacial score (nSPS) is 19.4. The molecule has 2 aliphatic rings. The van der Waals surface area contributed by atoms with Crippen molar-refractivity contribution in [1.82, 2.24) is 15.2 Å². The van der Waals surface area contributed by atoms with Crippen LogP contribution >= 0.6 is 0 Å². The fraction of sp³-hybridized carbons (Fsp3) is 0.417. The highest BCUT2D eigenvalue weighted by Gasteiger charge is 2.39. The molecular formula is C24H25F3N4O3. The number of nitrogens with one attached hydrogen (secondary N) is 1. The summed E-state index contributed by atoms with van der Waals surface area (Å²) in [4.78, 5) is 44.9. The Labute approximate surface area is 194 Å². The third kappa shape index (κ3) is 5.37. The molecule has 2 fully saturated rings. The molecule has 1 atom stereocenters. The second kappa shape index (κ2) is 9.82. The first-order valence-corrected chi connectivity index (χ1v) is 11.2. The number of likely N-dealkylation sites (tertiary alicyclic amines) is 1. The van der Waals surface area contributed by atoms with Gasteiger partial charge in [-0.15, -0.1) is 0 Å². The number of amides is 3. The van der Waals surface area contributed by atoms with E-state index in [1.165, 1.54) is 17.0 Å². The van der Waals surface area contributed by atoms with E-state index < -0.39 is 17.7 Å². The van der Waals surface area contributed by atoms with Gasteiger partial charge in [0.2, 0.25) is 17.7 Å². The van der Waals surface area contributed by atoms with Crippen molar-refractivity contribution in [2.75, 3.05) is 24.5 Å². The molecule has 1 aromatic heterocycles. The monoisotopic (exact) mass is 474 g/mol. The minimum absolute atomic E-state index is 0.0411. The number of carbonyl (C=O) groups is 3. The lowest BCUT2D eigenvalue weighted by Gasteiger charge is -2.33. The zero-order valence-electron chi connectivity index (χ0n) is 18.4. The highest BCUT2D eigenvalue weighted by atomic mass is 19.4. The molecule has 2 saturated heterocycles. The summed E-state index contributed by atoms with van der Waals surface area (Å²) >= 11 is 0. The van der Waals surface area contributed by atoms with Crippen molar-refractivity contribution in [2.24, 2.45) is 11.8 Å². The molecule has 0 saturated carbocycles. The number of hydrogen-bond acceptors (Lipinski definition) is 4. The Hall–Kier alpha value is -3.43. The van der Waals surface area contributed by atoms with E-state index in [-0.39, 0.29) is 42.3 Å². The number of carbonyl (C=O) groups excluding carboxylic acids is 3. The van der Waals surface area contributed by atoms with Gasteiger partial charge in [0.05, 0.1) is 11.5 Å². The Bertz CT molecular complexity index is 1050. The van der Waals surface area contributed by atoms with E-state index in [0.29, 0.717) is 32.5 Å². The van der Waals surface area contributed by atoms with Crippen molar-refractivity contribution in [2.45, 2.75) is 32.0 Å². The number of rotatable bonds is 5. The summed E-state index contributed by atoms with van der Waals surface area (Å²) in [6.45, 7) is 1.24. The highest BCUT2D eigenvalue weighted by molar-refractivity contribution is 6.00. The first-order chi connectivity index (χ1) is 16.2. The molecule has 7 nitrogen and oxygen atoms in total. The second-order valence-electron chi connectivity index (χ2n) is 8.63. The summed E-state index contributed by atoms with van der Waals surface area (Å²) in [5, 5.41) is 2.90. The van der Waals surface area contributed by atoms with Gasteiger partial charge in [0.25, 0.3) is 0 Å². The maximum atomic E-state index is 13.0. The SMILES string of the molecule is O=C(NCc1cccnc1)C1CCN(C(=O)[C@H]2CC(=O)N(c3cccc(C(F)(F)F)c3)C2)CC1. The van der Waals surface area contributed by atoms with Gasteiger partial charge < -0.3 is 15.1 Å². The van der Waals surface area contributed by atoms with E-state index in [9.17, 15) is 27.6 Å². The number of piperidine rings is 1. The first-order valence-electron chi connectivity index (χ1n) is 11.2. The number of aromatic nitrogens is 1. The van der Waals surface area contributed by atoms with Crippen LogP contribution in [0, 0.1) is 11.8 Å². The average Bonchev–Trinajstić information content (AvgIpc) is 3.24. The Morgan fingerprint density at radius 3 is 2.53 bits per heavy atom. The Morgan fingerprint density at radius 2 is 1.85 bits per heavy atom. The summed E-state index contributed by atoms with van der Waals surface area (Å²) in [7, 11) is 0. The van der Waals surface area contributed by atoms with Crippen molar-refractivity contribution in [3.8, 4) is 0 Å². The first kappa shape index (κ1) is 23.7. The molecule has 1 N–H and O–H groups in total. The molecule has 0 aliphatic carbocycles. The molecule has 2 aromatic rings. The third-order valence-corrected chi connectivity index (χ3v) is 6.33. The van der Waals surface area contributed by atoms with E-state index in [1.807, 2.05) is 6.07 Å². The maximum Gasteiger partial charge on any atom is 0.416 e. The Morgan fingerprint density at radius 1 is 1.09 bits per heavy atom. The van der Waals surface area contributed by atoms with Crippen LogP contribution in [0.15, 0.2) is 48.8 Å². The minimum atomic E-state index is -4.51. The lowest BCUT2D eigenvalue weighted by Crippen LogP contribution is -2.45. The van der Waals surface area contributed by atoms with Crippen LogP contribution < -0.4 is 10.2 Å². The third-order valence-electron chi connectivity index (χ3n) is 6.33. The van der Waals surface area contributed by atoms with E-state index >= 15 is 0 Å². The molecule has 0 bridgehead atoms. The van der Waals surface area contributed by atoms with Gasteiger partial charge in [-0.3, -0.25) is 19.4 Å². The number of hydrogen-bond donors (Lipinski definition) is 1. The van der Waals surface area contributed by atoms with Crippen LogP contribution in [-0.2, 0) is 27.1 Å². The molecule has 3 amide bonds. The Balaban J connectivity index is 1.30. The molecule has 2 aliphatic heterocycles. The van der Waals surface area contributed by atoms with Crippen LogP contribution in [0.1, 0.15) is 30.4 Å². The van der Waals surface area contributed by atoms with Crippen LogP contribution in [0.25, 0.3) is 0 Å². The molecule has 0 spiro atoms. The summed E-state index contributed by atoms with van der Waals surface area (Å²) in [6, 6.07) is 8.25. The van der Waals surface area contributed by atoms with Crippen molar-refractivity contribution in [3.63, 3.8) is 0 Å². The number of alkyl halides is 3. The number of pyridine rings is 1. The number of anilines is 1. The maximum absolute atomic E-state index is 13.0. The predicted molar refractivity (Wildman–Crippen MR) is 117 cm³/mol. The van der Waals surface area contributed by atoms with E-state index in [2.05, 4.69) is 10.3 Å². The molecule has 10 heteroatoms. The van der Waals surface area contributed by atoms with Gasteiger partial charge >= 0.3 is 6.18 Å². The molecular weight excluding hydrogens is 449 g/mol. The van der Waals surface area contributed by atoms with Gasteiger partial charge in [0.15, 0.2) is 0 Å². The predicted octanol–water partition coefficient (Wildman–Crippen LogP) is 3.01. The zero-order valence-corrected chi connectivity index (χ0v) is 18.4. The lowest BCUT2D eigenvalue weighted by atomic mass is 9.94. The largest absolute Gasteiger partial charge is 0.416 e. The summed E-state index contributed by atoms with van der Waals surface area (Å²) in [6.07, 6.45) is -0.170. The average molecular weight is 474 g/mol. The minimum Gasteiger partial charge on any atom is -0.352 e. The van der Waals surface area contributed by atoms with Gasteiger partial charge in [-0.1, -0.05) is 12.1 Å². The van der Waals surface area contributed by atoms with Gasteiger partial charge in [0.1, 0.15) is 0 Å². The lowest BCUT2D eigenvalue weighted by molar-refractivity contribution is -0.139. The number of halogens is 3. The smallest absolute Gasteiger partial charge is 0.352 e. The fourth-order valence-corrected chi connectivity index (χ4v) is 4.43. The van der Waals surface area contributed by atoms with Gasteiger partial charge in [-0.2, -0.15) is 13.2 Å². The molecule has 34 heavy (non-hydrogen) atoms. The van der Waals surface area contributed by atoms with Crippen molar-refractivity contribution in [3.05, 3.63) is 59.9 Å². The van der Waals surface area contributed by atoms with Crippen LogP contribution in [0.2, 0.25) is 0 Å². The molecule has 4 rings (SSSR count). The van der Waals surface area contributed by atoms with Crippen molar-refractivity contribution in [1.29, 1.82) is 0 Å². The van der Waals surface area contributed by atoms with Gasteiger partial charge in [0, 0.05) is 56.6 Å². The van der Waals surface area contributed by atoms with Crippen LogP contribution in [0.4, 0.5) is 18.9 Å². The molecule has 0 radical (unpaired) electrons. The zero-order chi connectivity index (χ0) is 24.3. The highest BCUT2D eigenvalue weighted by Crippen LogP contribution is 2.34. The summed E-state index contributed by atoms with van der Waals surface area (Å²) < 4.78 is 39.1. The Kier molecular flexibility index (Phi) is 6.85. The number of nitrogens with zero attached hydrogens (tertiary/aromatic N) is 3. The van der Waals surface area contributed by atoms with Gasteiger partial charge in [-0.25, -0.2) is 0 Å². The topological polar surface area (TPSA) is 82.6 Å². The summed E-state index contributed by atoms with van der Waals surface area (Å²) in [5.74, 6) is -1.45. The quantitative estimate of drug-likeness (QED) is 0.723. The van der Waals surface area contributed by atoms with Crippen LogP contribution in [0.3, 0.4) is 0 Å². The van der Waals surface area contributed by atoms with Crippen molar-refractivity contribution >= 4 is 23.4 Å².